The molecule has 0 spiro atoms. The minimum Gasteiger partial charge on any atom is -0.370 e. The van der Waals surface area contributed by atoms with E-state index in [4.69, 9.17) is 0 Å². The van der Waals surface area contributed by atoms with Crippen molar-refractivity contribution in [3.63, 3.8) is 0 Å². The van der Waals surface area contributed by atoms with E-state index in [1.54, 1.807) is 6.07 Å². The summed E-state index contributed by atoms with van der Waals surface area (Å²) >= 11 is 0. The predicted octanol–water partition coefficient (Wildman–Crippen LogP) is 0.602. The summed E-state index contributed by atoms with van der Waals surface area (Å²) in [5.74, 6) is 1.37. The molecule has 108 valence electrons. The Morgan fingerprint density at radius 1 is 1.16 bits per heavy atom. The smallest absolute Gasteiger partial charge is 0.215 e. The second-order valence-corrected chi connectivity index (χ2v) is 6.54. The largest absolute Gasteiger partial charge is 0.370 e. The van der Waals surface area contributed by atoms with Crippen LogP contribution in [0.1, 0.15) is 13.3 Å². The van der Waals surface area contributed by atoms with Gasteiger partial charge in [-0.3, -0.25) is 0 Å². The van der Waals surface area contributed by atoms with Crippen LogP contribution in [0.25, 0.3) is 0 Å². The average molecular weight is 287 g/mol. The third kappa shape index (κ3) is 5.39. The highest BCUT2D eigenvalue weighted by atomic mass is 32.2. The number of hydrogen-bond donors (Lipinski definition) is 2. The van der Waals surface area contributed by atoms with Gasteiger partial charge >= 0.3 is 0 Å². The van der Waals surface area contributed by atoms with Gasteiger partial charge in [0.25, 0.3) is 0 Å². The minimum atomic E-state index is -3.18. The molecule has 1 aromatic heterocycles. The van der Waals surface area contributed by atoms with E-state index >= 15 is 0 Å². The Hall–Kier alpha value is -1.41. The number of aromatic nitrogens is 2. The van der Waals surface area contributed by atoms with Crippen molar-refractivity contribution in [2.45, 2.75) is 13.3 Å². The molecule has 0 atom stereocenters. The van der Waals surface area contributed by atoms with Crippen molar-refractivity contribution in [1.82, 2.24) is 14.3 Å². The van der Waals surface area contributed by atoms with E-state index in [9.17, 15) is 8.42 Å². The van der Waals surface area contributed by atoms with Gasteiger partial charge in [0, 0.05) is 33.3 Å². The van der Waals surface area contributed by atoms with E-state index in [1.165, 1.54) is 24.7 Å². The molecule has 2 N–H and O–H groups in total. The molecule has 0 saturated carbocycles. The van der Waals surface area contributed by atoms with E-state index in [1.807, 2.05) is 0 Å². The lowest BCUT2D eigenvalue weighted by Gasteiger charge is -2.12. The summed E-state index contributed by atoms with van der Waals surface area (Å²) in [5, 5.41) is 6.12. The highest BCUT2D eigenvalue weighted by molar-refractivity contribution is 7.89. The highest BCUT2D eigenvalue weighted by Crippen LogP contribution is 2.08. The molecular weight excluding hydrogens is 266 g/mol. The molecule has 0 saturated heterocycles. The van der Waals surface area contributed by atoms with E-state index in [0.717, 1.165) is 18.8 Å². The van der Waals surface area contributed by atoms with Crippen LogP contribution in [0.2, 0.25) is 0 Å². The molecule has 0 fully saturated rings. The van der Waals surface area contributed by atoms with E-state index < -0.39 is 10.0 Å². The van der Waals surface area contributed by atoms with Crippen LogP contribution >= 0.6 is 0 Å². The van der Waals surface area contributed by atoms with Crippen LogP contribution in [0.4, 0.5) is 11.6 Å². The Balaban J connectivity index is 2.49. The van der Waals surface area contributed by atoms with Crippen LogP contribution in [0.3, 0.4) is 0 Å². The summed E-state index contributed by atoms with van der Waals surface area (Å²) in [6.07, 6.45) is 2.45. The molecule has 1 aromatic rings. The van der Waals surface area contributed by atoms with Crippen molar-refractivity contribution in [1.29, 1.82) is 0 Å². The number of hydrogen-bond acceptors (Lipinski definition) is 6. The second-order valence-electron chi connectivity index (χ2n) is 4.24. The Morgan fingerprint density at radius 3 is 2.26 bits per heavy atom. The molecule has 7 nitrogen and oxygen atoms in total. The molecule has 8 heteroatoms. The van der Waals surface area contributed by atoms with Crippen LogP contribution in [-0.2, 0) is 10.0 Å². The Kier molecular flexibility index (Phi) is 5.97. The molecule has 0 bridgehead atoms. The van der Waals surface area contributed by atoms with Crippen molar-refractivity contribution >= 4 is 21.7 Å². The molecule has 0 aliphatic heterocycles. The summed E-state index contributed by atoms with van der Waals surface area (Å²) in [6.45, 7) is 3.22. The summed E-state index contributed by atoms with van der Waals surface area (Å²) < 4.78 is 24.4. The van der Waals surface area contributed by atoms with E-state index in [2.05, 4.69) is 27.5 Å². The lowest BCUT2D eigenvalue weighted by atomic mass is 10.4. The average Bonchev–Trinajstić information content (AvgIpc) is 2.36. The van der Waals surface area contributed by atoms with Crippen molar-refractivity contribution < 1.29 is 8.42 Å². The Morgan fingerprint density at radius 2 is 1.74 bits per heavy atom. The van der Waals surface area contributed by atoms with Crippen molar-refractivity contribution in [2.24, 2.45) is 0 Å². The first kappa shape index (κ1) is 15.6. The zero-order chi connectivity index (χ0) is 14.3. The molecule has 0 aliphatic carbocycles. The number of nitrogens with zero attached hydrogens (tertiary/aromatic N) is 3. The third-order valence-electron chi connectivity index (χ3n) is 2.45. The van der Waals surface area contributed by atoms with Gasteiger partial charge in [0.2, 0.25) is 10.0 Å². The summed E-state index contributed by atoms with van der Waals surface area (Å²) in [4.78, 5) is 8.11. The Labute approximate surface area is 114 Å². The molecule has 0 aromatic carbocycles. The van der Waals surface area contributed by atoms with Gasteiger partial charge in [0.15, 0.2) is 0 Å². The van der Waals surface area contributed by atoms with Gasteiger partial charge in [0.1, 0.15) is 18.0 Å². The maximum absolute atomic E-state index is 11.6. The number of sulfonamides is 1. The topological polar surface area (TPSA) is 87.2 Å². The monoisotopic (exact) mass is 287 g/mol. The van der Waals surface area contributed by atoms with Gasteiger partial charge in [-0.15, -0.1) is 0 Å². The number of anilines is 2. The standard InChI is InChI=1S/C11H21N5O2S/c1-4-5-12-10-8-11(15-9-14-10)13-6-7-19(17,18)16(2)3/h8-9H,4-7H2,1-3H3,(H2,12,13,14,15). The van der Waals surface area contributed by atoms with Gasteiger partial charge in [0.05, 0.1) is 5.75 Å². The van der Waals surface area contributed by atoms with Crippen LogP contribution < -0.4 is 10.6 Å². The normalized spacial score (nSPS) is 11.6. The first-order chi connectivity index (χ1) is 8.95. The fourth-order valence-electron chi connectivity index (χ4n) is 1.29. The highest BCUT2D eigenvalue weighted by Gasteiger charge is 2.12. The molecule has 0 radical (unpaired) electrons. The molecule has 19 heavy (non-hydrogen) atoms. The zero-order valence-corrected chi connectivity index (χ0v) is 12.4. The SMILES string of the molecule is CCCNc1cc(NCCS(=O)(=O)N(C)C)ncn1. The van der Waals surface area contributed by atoms with Crippen LogP contribution in [0.15, 0.2) is 12.4 Å². The lowest BCUT2D eigenvalue weighted by molar-refractivity contribution is 0.521. The van der Waals surface area contributed by atoms with Gasteiger partial charge < -0.3 is 10.6 Å². The summed E-state index contributed by atoms with van der Waals surface area (Å²) in [6, 6.07) is 1.76. The van der Waals surface area contributed by atoms with Gasteiger partial charge in [-0.25, -0.2) is 22.7 Å². The maximum Gasteiger partial charge on any atom is 0.215 e. The van der Waals surface area contributed by atoms with Crippen molar-refractivity contribution in [2.75, 3.05) is 43.6 Å². The van der Waals surface area contributed by atoms with E-state index in [0.29, 0.717) is 12.4 Å². The van der Waals surface area contributed by atoms with Gasteiger partial charge in [-0.2, -0.15) is 0 Å². The number of rotatable bonds is 8. The first-order valence-corrected chi connectivity index (χ1v) is 7.76. The fourth-order valence-corrected chi connectivity index (χ4v) is 2.02. The predicted molar refractivity (Wildman–Crippen MR) is 76.8 cm³/mol. The summed E-state index contributed by atoms with van der Waals surface area (Å²) in [5.41, 5.74) is 0. The van der Waals surface area contributed by atoms with Gasteiger partial charge in [-0.1, -0.05) is 6.92 Å². The number of nitrogens with one attached hydrogen (secondary N) is 2. The quantitative estimate of drug-likeness (QED) is 0.728. The van der Waals surface area contributed by atoms with E-state index in [-0.39, 0.29) is 5.75 Å². The van der Waals surface area contributed by atoms with Crippen molar-refractivity contribution in [3.8, 4) is 0 Å². The lowest BCUT2D eigenvalue weighted by Crippen LogP contribution is -2.28. The van der Waals surface area contributed by atoms with Crippen molar-refractivity contribution in [3.05, 3.63) is 12.4 Å². The Bertz CT molecular complexity index is 490. The maximum atomic E-state index is 11.6. The fraction of sp³-hybridized carbons (Fsp3) is 0.636. The summed E-state index contributed by atoms with van der Waals surface area (Å²) in [7, 11) is -0.140. The molecule has 1 rings (SSSR count). The molecule has 0 aliphatic rings. The van der Waals surface area contributed by atoms with Crippen LogP contribution in [-0.4, -0.2) is 55.6 Å². The van der Waals surface area contributed by atoms with Crippen LogP contribution in [0.5, 0.6) is 0 Å². The molecule has 1 heterocycles. The second kappa shape index (κ2) is 7.25. The molecular formula is C11H21N5O2S. The third-order valence-corrected chi connectivity index (χ3v) is 4.28. The zero-order valence-electron chi connectivity index (χ0n) is 11.5. The first-order valence-electron chi connectivity index (χ1n) is 6.15. The van der Waals surface area contributed by atoms with Crippen LogP contribution in [0, 0.1) is 0 Å². The molecule has 0 amide bonds. The minimum absolute atomic E-state index is 0.0295. The molecule has 0 unspecified atom stereocenters. The van der Waals surface area contributed by atoms with Gasteiger partial charge in [-0.05, 0) is 6.42 Å².